The van der Waals surface area contributed by atoms with Crippen molar-refractivity contribution in [3.8, 4) is 0 Å². The van der Waals surface area contributed by atoms with Crippen molar-refractivity contribution in [3.05, 3.63) is 34.9 Å². The monoisotopic (exact) mass is 266 g/mol. The van der Waals surface area contributed by atoms with E-state index in [1.165, 1.54) is 0 Å². The lowest BCUT2D eigenvalue weighted by atomic mass is 9.97. The van der Waals surface area contributed by atoms with Crippen LogP contribution in [0.25, 0.3) is 0 Å². The maximum Gasteiger partial charge on any atom is 0.224 e. The molecule has 4 heteroatoms. The fraction of sp³-hybridized carbons (Fsp3) is 0.500. The van der Waals surface area contributed by atoms with Crippen molar-refractivity contribution < 1.29 is 4.79 Å². The van der Waals surface area contributed by atoms with Crippen molar-refractivity contribution in [3.63, 3.8) is 0 Å². The van der Waals surface area contributed by atoms with Gasteiger partial charge in [0.15, 0.2) is 0 Å². The molecule has 1 amide bonds. The highest BCUT2D eigenvalue weighted by Crippen LogP contribution is 2.15. The first kappa shape index (κ1) is 13.4. The number of rotatable bonds is 4. The molecule has 1 aromatic rings. The summed E-state index contributed by atoms with van der Waals surface area (Å²) in [5, 5.41) is 6.98. The van der Waals surface area contributed by atoms with Gasteiger partial charge in [-0.1, -0.05) is 30.7 Å². The Labute approximate surface area is 113 Å². The Morgan fingerprint density at radius 1 is 1.50 bits per heavy atom. The summed E-state index contributed by atoms with van der Waals surface area (Å²) in [6.07, 6.45) is 0.820. The molecule has 98 valence electrons. The number of halogens is 1. The van der Waals surface area contributed by atoms with Crippen molar-refractivity contribution in [1.82, 2.24) is 10.6 Å². The van der Waals surface area contributed by atoms with Gasteiger partial charge in [0, 0.05) is 18.1 Å². The summed E-state index contributed by atoms with van der Waals surface area (Å²) in [6.45, 7) is 4.51. The van der Waals surface area contributed by atoms with Crippen LogP contribution in [0.5, 0.6) is 0 Å². The van der Waals surface area contributed by atoms with Crippen LogP contribution in [-0.4, -0.2) is 25.5 Å². The summed E-state index contributed by atoms with van der Waals surface area (Å²) >= 11 is 5.91. The number of nitrogens with one attached hydrogen (secondary N) is 2. The Morgan fingerprint density at radius 3 is 3.00 bits per heavy atom. The lowest BCUT2D eigenvalue weighted by molar-refractivity contribution is -0.125. The third kappa shape index (κ3) is 3.47. The topological polar surface area (TPSA) is 41.1 Å². The van der Waals surface area contributed by atoms with Gasteiger partial charge in [0.05, 0.1) is 5.92 Å². The molecule has 0 spiro atoms. The van der Waals surface area contributed by atoms with Crippen LogP contribution < -0.4 is 10.6 Å². The van der Waals surface area contributed by atoms with Crippen LogP contribution in [0.1, 0.15) is 12.5 Å². The molecule has 1 heterocycles. The Kier molecular flexibility index (Phi) is 4.61. The van der Waals surface area contributed by atoms with E-state index in [0.29, 0.717) is 12.5 Å². The third-order valence-corrected chi connectivity index (χ3v) is 3.69. The molecule has 0 saturated carbocycles. The molecule has 1 fully saturated rings. The zero-order chi connectivity index (χ0) is 13.0. The highest BCUT2D eigenvalue weighted by molar-refractivity contribution is 6.30. The summed E-state index contributed by atoms with van der Waals surface area (Å²) in [5.41, 5.74) is 1.15. The van der Waals surface area contributed by atoms with Gasteiger partial charge in [-0.2, -0.15) is 0 Å². The Morgan fingerprint density at radius 2 is 2.33 bits per heavy atom. The maximum atomic E-state index is 11.9. The maximum absolute atomic E-state index is 11.9. The van der Waals surface area contributed by atoms with Gasteiger partial charge in [0.1, 0.15) is 0 Å². The van der Waals surface area contributed by atoms with E-state index in [2.05, 4.69) is 17.6 Å². The minimum absolute atomic E-state index is 0.115. The lowest BCUT2D eigenvalue weighted by Crippen LogP contribution is -2.35. The first-order chi connectivity index (χ1) is 8.66. The van der Waals surface area contributed by atoms with E-state index >= 15 is 0 Å². The molecule has 0 radical (unpaired) electrons. The molecule has 2 unspecified atom stereocenters. The minimum atomic E-state index is 0.115. The average molecular weight is 267 g/mol. The molecule has 1 aliphatic heterocycles. The van der Waals surface area contributed by atoms with Crippen LogP contribution in [-0.2, 0) is 11.2 Å². The van der Waals surface area contributed by atoms with Crippen LogP contribution >= 0.6 is 11.6 Å². The lowest BCUT2D eigenvalue weighted by Gasteiger charge is -2.14. The minimum Gasteiger partial charge on any atom is -0.355 e. The van der Waals surface area contributed by atoms with E-state index in [0.717, 1.165) is 30.1 Å². The second-order valence-electron chi connectivity index (χ2n) is 4.91. The number of carbonyl (C=O) groups is 1. The molecule has 0 bridgehead atoms. The normalized spacial score (nSPS) is 23.0. The summed E-state index contributed by atoms with van der Waals surface area (Å²) in [5.74, 6) is 0.704. The number of hydrogen-bond donors (Lipinski definition) is 2. The van der Waals surface area contributed by atoms with Crippen LogP contribution in [0.3, 0.4) is 0 Å². The number of benzene rings is 1. The average Bonchev–Trinajstić information content (AvgIpc) is 2.75. The molecule has 2 atom stereocenters. The van der Waals surface area contributed by atoms with E-state index in [4.69, 9.17) is 11.6 Å². The van der Waals surface area contributed by atoms with Gasteiger partial charge in [0.25, 0.3) is 0 Å². The standard InChI is InChI=1S/C14H19ClN2O/c1-10-8-16-9-13(10)14(18)17-6-5-11-3-2-4-12(15)7-11/h2-4,7,10,13,16H,5-6,8-9H2,1H3,(H,17,18). The van der Waals surface area contributed by atoms with Crippen molar-refractivity contribution in [2.45, 2.75) is 13.3 Å². The van der Waals surface area contributed by atoms with Crippen LogP contribution in [0.4, 0.5) is 0 Å². The van der Waals surface area contributed by atoms with Gasteiger partial charge < -0.3 is 10.6 Å². The third-order valence-electron chi connectivity index (χ3n) is 3.46. The van der Waals surface area contributed by atoms with Gasteiger partial charge >= 0.3 is 0 Å². The highest BCUT2D eigenvalue weighted by atomic mass is 35.5. The quantitative estimate of drug-likeness (QED) is 0.873. The van der Waals surface area contributed by atoms with Crippen molar-refractivity contribution in [1.29, 1.82) is 0 Å². The molecule has 1 aromatic carbocycles. The number of hydrogen-bond acceptors (Lipinski definition) is 2. The number of carbonyl (C=O) groups excluding carboxylic acids is 1. The predicted octanol–water partition coefficient (Wildman–Crippen LogP) is 1.85. The Bertz CT molecular complexity index is 422. The molecule has 2 N–H and O–H groups in total. The highest BCUT2D eigenvalue weighted by Gasteiger charge is 2.28. The van der Waals surface area contributed by atoms with Crippen LogP contribution in [0.2, 0.25) is 5.02 Å². The zero-order valence-electron chi connectivity index (χ0n) is 10.6. The van der Waals surface area contributed by atoms with Crippen molar-refractivity contribution in [2.75, 3.05) is 19.6 Å². The van der Waals surface area contributed by atoms with E-state index in [1.54, 1.807) is 0 Å². The van der Waals surface area contributed by atoms with Gasteiger partial charge in [0.2, 0.25) is 5.91 Å². The van der Waals surface area contributed by atoms with E-state index in [9.17, 15) is 4.79 Å². The second kappa shape index (κ2) is 6.21. The van der Waals surface area contributed by atoms with Gasteiger partial charge in [-0.3, -0.25) is 4.79 Å². The first-order valence-corrected chi connectivity index (χ1v) is 6.77. The zero-order valence-corrected chi connectivity index (χ0v) is 11.3. The molecular formula is C14H19ClN2O. The van der Waals surface area contributed by atoms with Gasteiger partial charge in [-0.25, -0.2) is 0 Å². The summed E-state index contributed by atoms with van der Waals surface area (Å²) < 4.78 is 0. The first-order valence-electron chi connectivity index (χ1n) is 6.39. The molecule has 18 heavy (non-hydrogen) atoms. The predicted molar refractivity (Wildman–Crippen MR) is 73.7 cm³/mol. The van der Waals surface area contributed by atoms with E-state index in [-0.39, 0.29) is 11.8 Å². The molecule has 3 nitrogen and oxygen atoms in total. The Hall–Kier alpha value is -1.06. The molecule has 0 aliphatic carbocycles. The van der Waals surface area contributed by atoms with E-state index in [1.807, 2.05) is 24.3 Å². The van der Waals surface area contributed by atoms with Gasteiger partial charge in [-0.15, -0.1) is 0 Å². The smallest absolute Gasteiger partial charge is 0.224 e. The fourth-order valence-electron chi connectivity index (χ4n) is 2.31. The molecule has 2 rings (SSSR count). The van der Waals surface area contributed by atoms with Gasteiger partial charge in [-0.05, 0) is 36.6 Å². The van der Waals surface area contributed by atoms with Crippen molar-refractivity contribution in [2.24, 2.45) is 11.8 Å². The largest absolute Gasteiger partial charge is 0.355 e. The van der Waals surface area contributed by atoms with Crippen LogP contribution in [0.15, 0.2) is 24.3 Å². The summed E-state index contributed by atoms with van der Waals surface area (Å²) in [4.78, 5) is 11.9. The fourth-order valence-corrected chi connectivity index (χ4v) is 2.53. The Balaban J connectivity index is 1.77. The molecular weight excluding hydrogens is 248 g/mol. The SMILES string of the molecule is CC1CNCC1C(=O)NCCc1cccc(Cl)c1. The molecule has 0 aromatic heterocycles. The molecule has 1 aliphatic rings. The summed E-state index contributed by atoms with van der Waals surface area (Å²) in [6, 6.07) is 7.75. The van der Waals surface area contributed by atoms with Crippen LogP contribution in [0, 0.1) is 11.8 Å². The number of amides is 1. The second-order valence-corrected chi connectivity index (χ2v) is 5.35. The van der Waals surface area contributed by atoms with E-state index < -0.39 is 0 Å². The summed E-state index contributed by atoms with van der Waals surface area (Å²) in [7, 11) is 0. The van der Waals surface area contributed by atoms with Crippen molar-refractivity contribution >= 4 is 17.5 Å². The molecule has 1 saturated heterocycles.